The average molecular weight is 383 g/mol. The fraction of sp³-hybridized carbons (Fsp3) is 0.105. The molecule has 0 saturated carbocycles. The van der Waals surface area contributed by atoms with Crippen molar-refractivity contribution >= 4 is 34.4 Å². The van der Waals surface area contributed by atoms with Crippen LogP contribution in [0.5, 0.6) is 0 Å². The van der Waals surface area contributed by atoms with Gasteiger partial charge in [-0.05, 0) is 30.7 Å². The highest BCUT2D eigenvalue weighted by atomic mass is 35.5. The van der Waals surface area contributed by atoms with Gasteiger partial charge in [0, 0.05) is 10.8 Å². The summed E-state index contributed by atoms with van der Waals surface area (Å²) in [6.45, 7) is 2.06. The Hall–Kier alpha value is -2.57. The molecule has 0 aliphatic rings. The van der Waals surface area contributed by atoms with Crippen LogP contribution in [0.15, 0.2) is 64.7 Å². The number of aromatic nitrogens is 4. The maximum atomic E-state index is 12.4. The first-order chi connectivity index (χ1) is 12.6. The summed E-state index contributed by atoms with van der Waals surface area (Å²) in [5.74, 6) is 0.722. The first-order valence-electron chi connectivity index (χ1n) is 8.02. The summed E-state index contributed by atoms with van der Waals surface area (Å²) in [6, 6.07) is 15.6. The topological polar surface area (TPSA) is 63.6 Å². The predicted molar refractivity (Wildman–Crippen MR) is 105 cm³/mol. The normalized spacial score (nSPS) is 11.2. The van der Waals surface area contributed by atoms with Gasteiger partial charge in [0.2, 0.25) is 0 Å². The summed E-state index contributed by atoms with van der Waals surface area (Å²) in [6.07, 6.45) is 1.52. The van der Waals surface area contributed by atoms with Crippen LogP contribution in [0.2, 0.25) is 5.02 Å². The second-order valence-corrected chi connectivity index (χ2v) is 7.32. The van der Waals surface area contributed by atoms with Gasteiger partial charge in [-0.3, -0.25) is 4.79 Å². The molecule has 5 nitrogen and oxygen atoms in total. The first-order valence-corrected chi connectivity index (χ1v) is 9.39. The Morgan fingerprint density at radius 1 is 1.19 bits per heavy atom. The highest BCUT2D eigenvalue weighted by Gasteiger charge is 2.12. The van der Waals surface area contributed by atoms with Gasteiger partial charge in [0.25, 0.3) is 5.56 Å². The van der Waals surface area contributed by atoms with E-state index >= 15 is 0 Å². The van der Waals surface area contributed by atoms with Crippen molar-refractivity contribution in [2.24, 2.45) is 0 Å². The zero-order valence-electron chi connectivity index (χ0n) is 13.9. The van der Waals surface area contributed by atoms with Crippen LogP contribution in [0.4, 0.5) is 0 Å². The lowest BCUT2D eigenvalue weighted by molar-refractivity contribution is 0.873. The number of benzene rings is 2. The highest BCUT2D eigenvalue weighted by molar-refractivity contribution is 7.98. The van der Waals surface area contributed by atoms with Crippen molar-refractivity contribution in [2.75, 3.05) is 0 Å². The summed E-state index contributed by atoms with van der Waals surface area (Å²) in [7, 11) is 0. The third kappa shape index (κ3) is 3.38. The number of hydrogen-bond acceptors (Lipinski definition) is 4. The molecule has 2 heterocycles. The van der Waals surface area contributed by atoms with E-state index < -0.39 is 0 Å². The Morgan fingerprint density at radius 3 is 2.77 bits per heavy atom. The Labute approximate surface area is 159 Å². The molecular weight excluding hydrogens is 368 g/mol. The number of aryl methyl sites for hydroxylation is 1. The van der Waals surface area contributed by atoms with Gasteiger partial charge in [0.1, 0.15) is 5.39 Å². The molecule has 0 fully saturated rings. The molecule has 0 radical (unpaired) electrons. The van der Waals surface area contributed by atoms with Crippen LogP contribution in [-0.2, 0) is 5.75 Å². The van der Waals surface area contributed by atoms with Crippen molar-refractivity contribution in [1.82, 2.24) is 19.7 Å². The molecule has 0 saturated heterocycles. The molecular formula is C19H15ClN4OS. The number of fused-ring (bicyclic) bond motifs is 1. The van der Waals surface area contributed by atoms with Crippen molar-refractivity contribution in [3.05, 3.63) is 81.2 Å². The van der Waals surface area contributed by atoms with Crippen LogP contribution < -0.4 is 5.56 Å². The molecule has 1 N–H and O–H groups in total. The van der Waals surface area contributed by atoms with E-state index in [1.54, 1.807) is 16.8 Å². The second-order valence-electron chi connectivity index (χ2n) is 5.92. The number of nitrogens with one attached hydrogen (secondary N) is 1. The number of thioether (sulfide) groups is 1. The summed E-state index contributed by atoms with van der Waals surface area (Å²) in [5.41, 5.74) is 3.47. The van der Waals surface area contributed by atoms with E-state index in [4.69, 9.17) is 11.6 Å². The van der Waals surface area contributed by atoms with Crippen LogP contribution in [-0.4, -0.2) is 19.7 Å². The zero-order valence-corrected chi connectivity index (χ0v) is 15.5. The molecule has 7 heteroatoms. The van der Waals surface area contributed by atoms with Crippen LogP contribution in [0.1, 0.15) is 11.1 Å². The SMILES string of the molecule is Cc1ccc(CSc2nc3c(cnn3-c3cccc(Cl)c3)c(=O)[nH]2)cc1. The van der Waals surface area contributed by atoms with Gasteiger partial charge in [-0.2, -0.15) is 5.10 Å². The minimum Gasteiger partial charge on any atom is -0.301 e. The fourth-order valence-electron chi connectivity index (χ4n) is 2.60. The van der Waals surface area contributed by atoms with Gasteiger partial charge >= 0.3 is 0 Å². The number of H-pyrrole nitrogens is 1. The largest absolute Gasteiger partial charge is 0.301 e. The summed E-state index contributed by atoms with van der Waals surface area (Å²) in [4.78, 5) is 19.8. The molecule has 2 aromatic carbocycles. The zero-order chi connectivity index (χ0) is 18.1. The summed E-state index contributed by atoms with van der Waals surface area (Å²) < 4.78 is 1.63. The Kier molecular flexibility index (Phi) is 4.53. The lowest BCUT2D eigenvalue weighted by atomic mass is 10.2. The number of nitrogens with zero attached hydrogens (tertiary/aromatic N) is 3. The maximum absolute atomic E-state index is 12.4. The van der Waals surface area contributed by atoms with Gasteiger partial charge in [0.05, 0.1) is 11.9 Å². The Bertz CT molecular complexity index is 1130. The van der Waals surface area contributed by atoms with E-state index in [2.05, 4.69) is 46.3 Å². The summed E-state index contributed by atoms with van der Waals surface area (Å²) in [5, 5.41) is 5.92. The third-order valence-electron chi connectivity index (χ3n) is 3.97. The van der Waals surface area contributed by atoms with Crippen molar-refractivity contribution in [3.8, 4) is 5.69 Å². The molecule has 0 atom stereocenters. The van der Waals surface area contributed by atoms with E-state index in [9.17, 15) is 4.79 Å². The first kappa shape index (κ1) is 16.9. The third-order valence-corrected chi connectivity index (χ3v) is 5.14. The van der Waals surface area contributed by atoms with Crippen molar-refractivity contribution < 1.29 is 0 Å². The van der Waals surface area contributed by atoms with Gasteiger partial charge < -0.3 is 4.98 Å². The minimum absolute atomic E-state index is 0.199. The molecule has 0 aliphatic heterocycles. The van der Waals surface area contributed by atoms with Crippen LogP contribution >= 0.6 is 23.4 Å². The second kappa shape index (κ2) is 6.97. The monoisotopic (exact) mass is 382 g/mol. The van der Waals surface area contributed by atoms with E-state index in [-0.39, 0.29) is 5.56 Å². The Balaban J connectivity index is 1.69. The molecule has 2 aromatic heterocycles. The molecule has 26 heavy (non-hydrogen) atoms. The molecule has 130 valence electrons. The van der Waals surface area contributed by atoms with E-state index in [1.807, 2.05) is 12.1 Å². The van der Waals surface area contributed by atoms with Gasteiger partial charge in [-0.1, -0.05) is 59.3 Å². The number of halogens is 1. The standard InChI is InChI=1S/C19H15ClN4OS/c1-12-5-7-13(8-6-12)11-26-19-22-17-16(18(25)23-19)10-21-24(17)15-4-2-3-14(20)9-15/h2-10H,11H2,1H3,(H,22,23,25). The van der Waals surface area contributed by atoms with Crippen molar-refractivity contribution in [3.63, 3.8) is 0 Å². The molecule has 4 aromatic rings. The fourth-order valence-corrected chi connectivity index (χ4v) is 3.60. The average Bonchev–Trinajstić information content (AvgIpc) is 3.06. The Morgan fingerprint density at radius 2 is 2.00 bits per heavy atom. The van der Waals surface area contributed by atoms with E-state index in [0.29, 0.717) is 21.2 Å². The van der Waals surface area contributed by atoms with Gasteiger partial charge in [-0.25, -0.2) is 9.67 Å². The van der Waals surface area contributed by atoms with E-state index in [0.717, 1.165) is 11.4 Å². The summed E-state index contributed by atoms with van der Waals surface area (Å²) >= 11 is 7.56. The smallest absolute Gasteiger partial charge is 0.262 e. The molecule has 0 spiro atoms. The van der Waals surface area contributed by atoms with Crippen molar-refractivity contribution in [1.29, 1.82) is 0 Å². The quantitative estimate of drug-likeness (QED) is 0.420. The lowest BCUT2D eigenvalue weighted by Gasteiger charge is -2.05. The molecule has 0 unspecified atom stereocenters. The molecule has 0 aliphatic carbocycles. The lowest BCUT2D eigenvalue weighted by Crippen LogP contribution is -2.09. The minimum atomic E-state index is -0.199. The number of hydrogen-bond donors (Lipinski definition) is 1. The predicted octanol–water partition coefficient (Wildman–Crippen LogP) is 4.36. The van der Waals surface area contributed by atoms with Gasteiger partial charge in [0.15, 0.2) is 10.8 Å². The molecule has 0 bridgehead atoms. The highest BCUT2D eigenvalue weighted by Crippen LogP contribution is 2.22. The van der Waals surface area contributed by atoms with Crippen LogP contribution in [0.3, 0.4) is 0 Å². The molecule has 4 rings (SSSR count). The number of aromatic amines is 1. The number of rotatable bonds is 4. The van der Waals surface area contributed by atoms with Gasteiger partial charge in [-0.15, -0.1) is 0 Å². The van der Waals surface area contributed by atoms with Crippen LogP contribution in [0, 0.1) is 6.92 Å². The van der Waals surface area contributed by atoms with E-state index in [1.165, 1.54) is 29.1 Å². The van der Waals surface area contributed by atoms with Crippen molar-refractivity contribution in [2.45, 2.75) is 17.8 Å². The maximum Gasteiger partial charge on any atom is 0.262 e. The van der Waals surface area contributed by atoms with Crippen LogP contribution in [0.25, 0.3) is 16.7 Å². The molecule has 0 amide bonds.